The third-order valence-corrected chi connectivity index (χ3v) is 5.64. The number of benzene rings is 2. The highest BCUT2D eigenvalue weighted by molar-refractivity contribution is 9.10. The van der Waals surface area contributed by atoms with Crippen molar-refractivity contribution in [2.75, 3.05) is 18.6 Å². The molecule has 0 unspecified atom stereocenters. The molecule has 0 spiro atoms. The predicted octanol–water partition coefficient (Wildman–Crippen LogP) is 4.65. The summed E-state index contributed by atoms with van der Waals surface area (Å²) in [6, 6.07) is 8.56. The third-order valence-electron chi connectivity index (χ3n) is 4.36. The van der Waals surface area contributed by atoms with Gasteiger partial charge in [0.15, 0.2) is 16.6 Å². The molecule has 1 heterocycles. The van der Waals surface area contributed by atoms with Crippen LogP contribution in [0.25, 0.3) is 6.08 Å². The Bertz CT molecular complexity index is 1090. The summed E-state index contributed by atoms with van der Waals surface area (Å²) in [5.41, 5.74) is 1.85. The van der Waals surface area contributed by atoms with Crippen LogP contribution in [0.1, 0.15) is 18.1 Å². The number of carbonyl (C=O) groups is 2. The molecule has 0 aliphatic carbocycles. The summed E-state index contributed by atoms with van der Waals surface area (Å²) in [6.45, 7) is 4.13. The van der Waals surface area contributed by atoms with Gasteiger partial charge in [0.1, 0.15) is 5.57 Å². The van der Waals surface area contributed by atoms with Crippen LogP contribution in [0.4, 0.5) is 5.69 Å². The van der Waals surface area contributed by atoms with Crippen molar-refractivity contribution in [1.82, 2.24) is 5.32 Å². The van der Waals surface area contributed by atoms with Crippen molar-refractivity contribution in [2.45, 2.75) is 13.8 Å². The topological polar surface area (TPSA) is 67.9 Å². The number of hydrogen-bond acceptors (Lipinski definition) is 5. The van der Waals surface area contributed by atoms with E-state index in [0.717, 1.165) is 5.56 Å². The fourth-order valence-electron chi connectivity index (χ4n) is 2.91. The van der Waals surface area contributed by atoms with E-state index in [4.69, 9.17) is 33.3 Å². The fourth-order valence-corrected chi connectivity index (χ4v) is 3.99. The zero-order valence-corrected chi connectivity index (χ0v) is 19.6. The minimum Gasteiger partial charge on any atom is -0.492 e. The zero-order chi connectivity index (χ0) is 22.0. The molecule has 0 bridgehead atoms. The SMILES string of the molecule is CCOc1cc(/C=C2\C(=O)NC(=S)N(c3ccc(C)c(Cl)c3)C2=O)cc(Br)c1OC. The highest BCUT2D eigenvalue weighted by atomic mass is 79.9. The number of thiocarbonyl (C=S) groups is 1. The van der Waals surface area contributed by atoms with Gasteiger partial charge in [0.2, 0.25) is 0 Å². The minimum atomic E-state index is -0.579. The molecule has 1 aliphatic rings. The maximum absolute atomic E-state index is 13.2. The summed E-state index contributed by atoms with van der Waals surface area (Å²) in [7, 11) is 1.53. The van der Waals surface area contributed by atoms with Gasteiger partial charge in [-0.15, -0.1) is 0 Å². The van der Waals surface area contributed by atoms with Crippen LogP contribution in [-0.4, -0.2) is 30.6 Å². The number of nitrogens with one attached hydrogen (secondary N) is 1. The quantitative estimate of drug-likeness (QED) is 0.361. The average Bonchev–Trinajstić information content (AvgIpc) is 2.68. The Hall–Kier alpha value is -2.42. The molecule has 1 N–H and O–H groups in total. The molecule has 2 aromatic rings. The number of rotatable bonds is 5. The number of carbonyl (C=O) groups excluding carboxylic acids is 2. The molecule has 156 valence electrons. The lowest BCUT2D eigenvalue weighted by atomic mass is 10.1. The van der Waals surface area contributed by atoms with Gasteiger partial charge in [-0.3, -0.25) is 19.8 Å². The molecule has 2 aromatic carbocycles. The first-order valence-electron chi connectivity index (χ1n) is 8.94. The van der Waals surface area contributed by atoms with E-state index >= 15 is 0 Å². The molecule has 1 fully saturated rings. The fraction of sp³-hybridized carbons (Fsp3) is 0.190. The van der Waals surface area contributed by atoms with E-state index in [-0.39, 0.29) is 10.7 Å². The normalized spacial score (nSPS) is 15.4. The van der Waals surface area contributed by atoms with Gasteiger partial charge < -0.3 is 9.47 Å². The van der Waals surface area contributed by atoms with Crippen molar-refractivity contribution in [3.8, 4) is 11.5 Å². The third kappa shape index (κ3) is 4.35. The lowest BCUT2D eigenvalue weighted by Crippen LogP contribution is -2.54. The molecule has 2 amide bonds. The van der Waals surface area contributed by atoms with E-state index in [1.165, 1.54) is 18.1 Å². The average molecular weight is 510 g/mol. The Labute approximate surface area is 192 Å². The van der Waals surface area contributed by atoms with E-state index in [9.17, 15) is 9.59 Å². The molecule has 0 atom stereocenters. The molecule has 9 heteroatoms. The predicted molar refractivity (Wildman–Crippen MR) is 124 cm³/mol. The summed E-state index contributed by atoms with van der Waals surface area (Å²) in [5.74, 6) is -0.115. The van der Waals surface area contributed by atoms with Gasteiger partial charge in [0.25, 0.3) is 11.8 Å². The molecule has 6 nitrogen and oxygen atoms in total. The summed E-state index contributed by atoms with van der Waals surface area (Å²) in [5, 5.41) is 3.04. The monoisotopic (exact) mass is 508 g/mol. The van der Waals surface area contributed by atoms with Gasteiger partial charge in [-0.05, 0) is 83.5 Å². The minimum absolute atomic E-state index is 0.00649. The Morgan fingerprint density at radius 3 is 2.63 bits per heavy atom. The molecule has 1 aliphatic heterocycles. The number of anilines is 1. The smallest absolute Gasteiger partial charge is 0.270 e. The van der Waals surface area contributed by atoms with Crippen molar-refractivity contribution in [1.29, 1.82) is 0 Å². The van der Waals surface area contributed by atoms with Crippen LogP contribution < -0.4 is 19.7 Å². The van der Waals surface area contributed by atoms with Crippen LogP contribution in [0.5, 0.6) is 11.5 Å². The molecule has 3 rings (SSSR count). The van der Waals surface area contributed by atoms with Crippen LogP contribution in [0.15, 0.2) is 40.4 Å². The summed E-state index contributed by atoms with van der Waals surface area (Å²) < 4.78 is 11.6. The highest BCUT2D eigenvalue weighted by Gasteiger charge is 2.34. The Kier molecular flexibility index (Phi) is 6.80. The summed E-state index contributed by atoms with van der Waals surface area (Å²) >= 11 is 14.9. The van der Waals surface area contributed by atoms with Gasteiger partial charge in [0, 0.05) is 5.02 Å². The van der Waals surface area contributed by atoms with Gasteiger partial charge in [-0.25, -0.2) is 0 Å². The first-order chi connectivity index (χ1) is 14.3. The zero-order valence-electron chi connectivity index (χ0n) is 16.4. The van der Waals surface area contributed by atoms with E-state index in [2.05, 4.69) is 21.2 Å². The lowest BCUT2D eigenvalue weighted by molar-refractivity contribution is -0.122. The van der Waals surface area contributed by atoms with E-state index in [0.29, 0.717) is 38.9 Å². The molecule has 30 heavy (non-hydrogen) atoms. The molecule has 0 radical (unpaired) electrons. The van der Waals surface area contributed by atoms with E-state index in [1.807, 2.05) is 13.8 Å². The van der Waals surface area contributed by atoms with E-state index < -0.39 is 11.8 Å². The van der Waals surface area contributed by atoms with Crippen molar-refractivity contribution in [3.05, 3.63) is 56.5 Å². The maximum atomic E-state index is 13.2. The number of nitrogens with zero attached hydrogens (tertiary/aromatic N) is 1. The van der Waals surface area contributed by atoms with Crippen LogP contribution in [0, 0.1) is 6.92 Å². The molecular weight excluding hydrogens is 492 g/mol. The standard InChI is InChI=1S/C21H18BrClN2O4S/c1-4-29-17-9-12(8-15(22)18(17)28-3)7-14-19(26)24-21(30)25(20(14)27)13-6-5-11(2)16(23)10-13/h5-10H,4H2,1-3H3,(H,24,26,30)/b14-7+. The summed E-state index contributed by atoms with van der Waals surface area (Å²) in [6.07, 6.45) is 1.48. The summed E-state index contributed by atoms with van der Waals surface area (Å²) in [4.78, 5) is 26.9. The number of aryl methyl sites for hydroxylation is 1. The molecule has 0 saturated carbocycles. The van der Waals surface area contributed by atoms with E-state index in [1.54, 1.807) is 30.3 Å². The Morgan fingerprint density at radius 1 is 1.27 bits per heavy atom. The molecule has 0 aromatic heterocycles. The molecule has 1 saturated heterocycles. The van der Waals surface area contributed by atoms with Crippen LogP contribution in [0.3, 0.4) is 0 Å². The van der Waals surface area contributed by atoms with Crippen LogP contribution in [-0.2, 0) is 9.59 Å². The van der Waals surface area contributed by atoms with Crippen LogP contribution in [0.2, 0.25) is 5.02 Å². The van der Waals surface area contributed by atoms with Gasteiger partial charge in [-0.2, -0.15) is 0 Å². The highest BCUT2D eigenvalue weighted by Crippen LogP contribution is 2.37. The first kappa shape index (κ1) is 22.3. The number of amides is 2. The second kappa shape index (κ2) is 9.16. The first-order valence-corrected chi connectivity index (χ1v) is 10.5. The van der Waals surface area contributed by atoms with Crippen molar-refractivity contribution >= 4 is 68.4 Å². The van der Waals surface area contributed by atoms with Gasteiger partial charge in [0.05, 0.1) is 23.9 Å². The van der Waals surface area contributed by atoms with Gasteiger partial charge in [-0.1, -0.05) is 17.7 Å². The number of hydrogen-bond donors (Lipinski definition) is 1. The number of ether oxygens (including phenoxy) is 2. The molecular formula is C21H18BrClN2O4S. The number of methoxy groups -OCH3 is 1. The second-order valence-corrected chi connectivity index (χ2v) is 8.01. The largest absolute Gasteiger partial charge is 0.492 e. The van der Waals surface area contributed by atoms with Crippen molar-refractivity contribution < 1.29 is 19.1 Å². The Balaban J connectivity index is 2.05. The second-order valence-electron chi connectivity index (χ2n) is 6.36. The van der Waals surface area contributed by atoms with Gasteiger partial charge >= 0.3 is 0 Å². The lowest BCUT2D eigenvalue weighted by Gasteiger charge is -2.29. The van der Waals surface area contributed by atoms with Crippen LogP contribution >= 0.6 is 39.7 Å². The Morgan fingerprint density at radius 2 is 2.00 bits per heavy atom. The number of halogens is 2. The maximum Gasteiger partial charge on any atom is 0.270 e. The van der Waals surface area contributed by atoms with Crippen molar-refractivity contribution in [2.24, 2.45) is 0 Å². The van der Waals surface area contributed by atoms with Crippen molar-refractivity contribution in [3.63, 3.8) is 0 Å².